The Morgan fingerprint density at radius 2 is 1.15 bits per heavy atom. The first-order valence-corrected chi connectivity index (χ1v) is 10.7. The summed E-state index contributed by atoms with van der Waals surface area (Å²) in [6.45, 7) is 3.17. The minimum Gasteiger partial charge on any atom is -0.461 e. The van der Waals surface area contributed by atoms with Crippen LogP contribution in [0, 0.1) is 0 Å². The molecule has 10 nitrogen and oxygen atoms in total. The number of rotatable bonds is 15. The quantitative estimate of drug-likeness (QED) is 0.0948. The number of amides is 1. The third-order valence-electron chi connectivity index (χ3n) is 4.53. The number of hydrogen-bond acceptors (Lipinski definition) is 9. The molecule has 2 atom stereocenters. The molecule has 0 aromatic rings. The first-order chi connectivity index (χ1) is 18.4. The highest BCUT2D eigenvalue weighted by molar-refractivity contribution is 5.82. The van der Waals surface area contributed by atoms with Crippen molar-refractivity contribution in [3.63, 3.8) is 0 Å². The SMILES string of the molecule is C=CC(=O)OCC(C)(COC(=O)C=C)NC(=O)OCCCOC(=O)C(F)(OC(F)(F)C(C)(F)C(F)(F)F)C(F)(F)F. The molecule has 0 aliphatic rings. The van der Waals surface area contributed by atoms with Crippen molar-refractivity contribution >= 4 is 24.0 Å². The Bertz CT molecular complexity index is 958. The van der Waals surface area contributed by atoms with Gasteiger partial charge >= 0.3 is 48.3 Å². The monoisotopic (exact) mass is 623 g/mol. The second kappa shape index (κ2) is 13.9. The van der Waals surface area contributed by atoms with E-state index in [1.165, 1.54) is 6.92 Å². The van der Waals surface area contributed by atoms with Gasteiger partial charge in [-0.1, -0.05) is 13.2 Å². The summed E-state index contributed by atoms with van der Waals surface area (Å²) in [5, 5.41) is 2.12. The summed E-state index contributed by atoms with van der Waals surface area (Å²) < 4.78 is 152. The van der Waals surface area contributed by atoms with E-state index in [0.29, 0.717) is 0 Å². The van der Waals surface area contributed by atoms with Crippen molar-refractivity contribution in [3.8, 4) is 0 Å². The number of alkyl halides is 10. The number of esters is 3. The van der Waals surface area contributed by atoms with Gasteiger partial charge in [0.2, 0.25) is 0 Å². The van der Waals surface area contributed by atoms with Crippen LogP contribution in [0.5, 0.6) is 0 Å². The zero-order chi connectivity index (χ0) is 32.5. The number of ether oxygens (including phenoxy) is 5. The van der Waals surface area contributed by atoms with Gasteiger partial charge in [0.1, 0.15) is 18.8 Å². The zero-order valence-corrected chi connectivity index (χ0v) is 21.1. The number of nitrogens with one attached hydrogen (secondary N) is 1. The molecular weight excluding hydrogens is 600 g/mol. The van der Waals surface area contributed by atoms with Crippen molar-refractivity contribution < 1.29 is 86.8 Å². The fourth-order valence-corrected chi connectivity index (χ4v) is 2.11. The lowest BCUT2D eigenvalue weighted by Crippen LogP contribution is -2.62. The summed E-state index contributed by atoms with van der Waals surface area (Å²) in [5.74, 6) is -11.4. The van der Waals surface area contributed by atoms with Gasteiger partial charge in [-0.05, 0) is 13.8 Å². The van der Waals surface area contributed by atoms with E-state index in [4.69, 9.17) is 9.47 Å². The number of carbonyl (C=O) groups excluding carboxylic acids is 4. The maximum absolute atomic E-state index is 14.2. The van der Waals surface area contributed by atoms with Crippen LogP contribution in [0.2, 0.25) is 0 Å². The van der Waals surface area contributed by atoms with Crippen molar-refractivity contribution in [1.82, 2.24) is 5.32 Å². The van der Waals surface area contributed by atoms with Gasteiger partial charge in [0, 0.05) is 18.6 Å². The summed E-state index contributed by atoms with van der Waals surface area (Å²) in [5.41, 5.74) is -7.50. The van der Waals surface area contributed by atoms with Gasteiger partial charge in [0.15, 0.2) is 0 Å². The Labute approximate surface area is 224 Å². The minimum atomic E-state index is -6.76. The summed E-state index contributed by atoms with van der Waals surface area (Å²) >= 11 is 0. The van der Waals surface area contributed by atoms with Gasteiger partial charge in [-0.2, -0.15) is 39.5 Å². The van der Waals surface area contributed by atoms with Gasteiger partial charge in [0.25, 0.3) is 5.67 Å². The molecule has 1 amide bonds. The summed E-state index contributed by atoms with van der Waals surface area (Å²) in [6.07, 6.45) is -20.4. The molecule has 0 aromatic heterocycles. The van der Waals surface area contributed by atoms with Crippen LogP contribution in [0.25, 0.3) is 0 Å². The molecule has 0 fully saturated rings. The van der Waals surface area contributed by atoms with E-state index < -0.39 is 99.3 Å². The molecule has 0 spiro atoms. The van der Waals surface area contributed by atoms with Crippen LogP contribution in [0.1, 0.15) is 20.3 Å². The van der Waals surface area contributed by atoms with Crippen molar-refractivity contribution in [2.75, 3.05) is 26.4 Å². The molecule has 0 saturated heterocycles. The Kier molecular flexibility index (Phi) is 12.6. The van der Waals surface area contributed by atoms with Crippen molar-refractivity contribution in [2.24, 2.45) is 0 Å². The Morgan fingerprint density at radius 3 is 1.54 bits per heavy atom. The van der Waals surface area contributed by atoms with Gasteiger partial charge in [-0.15, -0.1) is 0 Å². The maximum Gasteiger partial charge on any atom is 0.460 e. The predicted octanol–water partition coefficient (Wildman–Crippen LogP) is 3.99. The fourth-order valence-electron chi connectivity index (χ4n) is 2.11. The van der Waals surface area contributed by atoms with Crippen LogP contribution in [0.4, 0.5) is 48.7 Å². The second-order valence-electron chi connectivity index (χ2n) is 8.15. The van der Waals surface area contributed by atoms with E-state index in [9.17, 15) is 63.1 Å². The lowest BCUT2D eigenvalue weighted by molar-refractivity contribution is -0.448. The molecule has 0 rings (SSSR count). The van der Waals surface area contributed by atoms with Gasteiger partial charge in [-0.25, -0.2) is 23.6 Å². The van der Waals surface area contributed by atoms with E-state index >= 15 is 0 Å². The van der Waals surface area contributed by atoms with Crippen LogP contribution >= 0.6 is 0 Å². The van der Waals surface area contributed by atoms with Crippen molar-refractivity contribution in [3.05, 3.63) is 25.3 Å². The van der Waals surface area contributed by atoms with E-state index in [1.807, 2.05) is 0 Å². The molecule has 0 saturated carbocycles. The third kappa shape index (κ3) is 10.4. The second-order valence-corrected chi connectivity index (χ2v) is 8.15. The smallest absolute Gasteiger partial charge is 0.460 e. The van der Waals surface area contributed by atoms with Crippen LogP contribution in [0.15, 0.2) is 25.3 Å². The average Bonchev–Trinajstić information content (AvgIpc) is 2.83. The largest absolute Gasteiger partial charge is 0.461 e. The van der Waals surface area contributed by atoms with E-state index in [1.54, 1.807) is 0 Å². The number of carbonyl (C=O) groups is 4. The van der Waals surface area contributed by atoms with Crippen LogP contribution in [-0.2, 0) is 38.1 Å². The van der Waals surface area contributed by atoms with Gasteiger partial charge in [0.05, 0.1) is 13.2 Å². The van der Waals surface area contributed by atoms with E-state index in [0.717, 1.165) is 12.2 Å². The summed E-state index contributed by atoms with van der Waals surface area (Å²) in [4.78, 5) is 46.1. The van der Waals surface area contributed by atoms with Crippen LogP contribution < -0.4 is 5.32 Å². The molecule has 0 aliphatic carbocycles. The normalized spacial score (nSPS) is 15.4. The molecule has 2 unspecified atom stereocenters. The zero-order valence-electron chi connectivity index (χ0n) is 21.1. The lowest BCUT2D eigenvalue weighted by Gasteiger charge is -2.35. The molecule has 0 aromatic carbocycles. The Morgan fingerprint density at radius 1 is 0.707 bits per heavy atom. The molecule has 0 radical (unpaired) electrons. The number of alkyl carbamates (subject to hydrolysis) is 1. The molecule has 0 bridgehead atoms. The van der Waals surface area contributed by atoms with E-state index in [-0.39, 0.29) is 0 Å². The van der Waals surface area contributed by atoms with Crippen LogP contribution in [0.3, 0.4) is 0 Å². The average molecular weight is 623 g/mol. The molecule has 1 N–H and O–H groups in total. The fraction of sp³-hybridized carbons (Fsp3) is 0.619. The molecule has 20 heteroatoms. The van der Waals surface area contributed by atoms with Gasteiger partial charge < -0.3 is 24.3 Å². The highest BCUT2D eigenvalue weighted by atomic mass is 19.4. The first-order valence-electron chi connectivity index (χ1n) is 10.7. The minimum absolute atomic E-state index is 0.609. The van der Waals surface area contributed by atoms with Crippen molar-refractivity contribution in [2.45, 2.75) is 55.8 Å². The van der Waals surface area contributed by atoms with Crippen LogP contribution in [-0.4, -0.2) is 86.0 Å². The maximum atomic E-state index is 14.2. The number of halogens is 10. The molecule has 0 heterocycles. The molecule has 0 aliphatic heterocycles. The topological polar surface area (TPSA) is 126 Å². The highest BCUT2D eigenvalue weighted by Crippen LogP contribution is 2.50. The van der Waals surface area contributed by atoms with Crippen molar-refractivity contribution in [1.29, 1.82) is 0 Å². The predicted molar refractivity (Wildman–Crippen MR) is 112 cm³/mol. The number of hydrogen-bond donors (Lipinski definition) is 1. The highest BCUT2D eigenvalue weighted by Gasteiger charge is 2.76. The lowest BCUT2D eigenvalue weighted by atomic mass is 10.1. The van der Waals surface area contributed by atoms with Gasteiger partial charge in [-0.3, -0.25) is 4.74 Å². The third-order valence-corrected chi connectivity index (χ3v) is 4.53. The Hall–Kier alpha value is -3.58. The summed E-state index contributed by atoms with van der Waals surface area (Å²) in [7, 11) is 0. The summed E-state index contributed by atoms with van der Waals surface area (Å²) in [6, 6.07) is 0. The molecule has 41 heavy (non-hydrogen) atoms. The molecule has 236 valence electrons. The Balaban J connectivity index is 5.22. The molecular formula is C21H23F10NO9. The first kappa shape index (κ1) is 37.4. The van der Waals surface area contributed by atoms with E-state index in [2.05, 4.69) is 32.7 Å². The standard InChI is InChI=1S/C21H23F10NO9/c1-5-12(33)39-10-16(3,11-40-13(34)6-2)32-15(36)38-9-7-8-37-14(35)18(23,20(27,28)29)41-21(30,31)17(4,22)19(24,25)26/h5-6H,1-2,7-11H2,3-4H3,(H,32,36).